The maximum absolute atomic E-state index is 11.3. The molecule has 0 amide bonds. The minimum absolute atomic E-state index is 0.227. The average molecular weight is 197 g/mol. The van der Waals surface area contributed by atoms with Gasteiger partial charge in [0.15, 0.2) is 0 Å². The van der Waals surface area contributed by atoms with Gasteiger partial charge in [0.05, 0.1) is 6.10 Å². The van der Waals surface area contributed by atoms with Gasteiger partial charge in [0.25, 0.3) is 0 Å². The Kier molecular flexibility index (Phi) is 3.19. The first-order chi connectivity index (χ1) is 6.75. The summed E-state index contributed by atoms with van der Waals surface area (Å²) < 4.78 is 5.59. The van der Waals surface area contributed by atoms with E-state index in [1.807, 2.05) is 6.92 Å². The SMILES string of the molecule is C[C@@H]1CN(C[C@H]2CCCO2)CCC1=O. The second-order valence-electron chi connectivity index (χ2n) is 4.51. The van der Waals surface area contributed by atoms with Crippen molar-refractivity contribution in [1.29, 1.82) is 0 Å². The van der Waals surface area contributed by atoms with Crippen LogP contribution in [0.4, 0.5) is 0 Å². The van der Waals surface area contributed by atoms with Gasteiger partial charge in [-0.05, 0) is 12.8 Å². The summed E-state index contributed by atoms with van der Waals surface area (Å²) in [7, 11) is 0. The summed E-state index contributed by atoms with van der Waals surface area (Å²) in [6.07, 6.45) is 3.55. The molecule has 0 saturated carbocycles. The number of carbonyl (C=O) groups excluding carboxylic acids is 1. The van der Waals surface area contributed by atoms with Gasteiger partial charge >= 0.3 is 0 Å². The van der Waals surface area contributed by atoms with Crippen molar-refractivity contribution in [2.24, 2.45) is 5.92 Å². The zero-order valence-corrected chi connectivity index (χ0v) is 8.87. The maximum atomic E-state index is 11.3. The summed E-state index contributed by atoms with van der Waals surface area (Å²) in [6.45, 7) is 5.84. The molecule has 14 heavy (non-hydrogen) atoms. The maximum Gasteiger partial charge on any atom is 0.138 e. The molecular weight excluding hydrogens is 178 g/mol. The molecule has 80 valence electrons. The lowest BCUT2D eigenvalue weighted by Gasteiger charge is -2.31. The summed E-state index contributed by atoms with van der Waals surface area (Å²) in [5.41, 5.74) is 0. The van der Waals surface area contributed by atoms with Gasteiger partial charge in [-0.3, -0.25) is 9.69 Å². The van der Waals surface area contributed by atoms with Crippen LogP contribution in [0.5, 0.6) is 0 Å². The molecule has 0 spiro atoms. The molecule has 2 atom stereocenters. The fourth-order valence-corrected chi connectivity index (χ4v) is 2.34. The first-order valence-electron chi connectivity index (χ1n) is 5.62. The molecular formula is C11H19NO2. The Morgan fingerprint density at radius 2 is 2.43 bits per heavy atom. The van der Waals surface area contributed by atoms with Crippen LogP contribution in [0, 0.1) is 5.92 Å². The molecule has 0 bridgehead atoms. The van der Waals surface area contributed by atoms with Gasteiger partial charge in [-0.2, -0.15) is 0 Å². The van der Waals surface area contributed by atoms with E-state index in [0.717, 1.165) is 32.7 Å². The average Bonchev–Trinajstić information content (AvgIpc) is 2.64. The molecule has 0 N–H and O–H groups in total. The molecule has 0 aromatic rings. The summed E-state index contributed by atoms with van der Waals surface area (Å²) >= 11 is 0. The molecule has 2 rings (SSSR count). The molecule has 0 aromatic heterocycles. The Labute approximate surface area is 85.4 Å². The summed E-state index contributed by atoms with van der Waals surface area (Å²) in [5.74, 6) is 0.652. The quantitative estimate of drug-likeness (QED) is 0.663. The molecule has 0 aliphatic carbocycles. The van der Waals surface area contributed by atoms with Gasteiger partial charge in [0, 0.05) is 38.6 Å². The van der Waals surface area contributed by atoms with Gasteiger partial charge in [-0.15, -0.1) is 0 Å². The zero-order valence-electron chi connectivity index (χ0n) is 8.87. The van der Waals surface area contributed by atoms with E-state index in [2.05, 4.69) is 4.90 Å². The molecule has 0 radical (unpaired) electrons. The number of ether oxygens (including phenoxy) is 1. The minimum Gasteiger partial charge on any atom is -0.377 e. The number of Topliss-reactive ketones (excluding diaryl/α,β-unsaturated/α-hetero) is 1. The van der Waals surface area contributed by atoms with E-state index in [1.165, 1.54) is 12.8 Å². The van der Waals surface area contributed by atoms with Crippen LogP contribution in [0.15, 0.2) is 0 Å². The van der Waals surface area contributed by atoms with E-state index >= 15 is 0 Å². The fraction of sp³-hybridized carbons (Fsp3) is 0.909. The lowest BCUT2D eigenvalue weighted by atomic mass is 9.98. The lowest BCUT2D eigenvalue weighted by Crippen LogP contribution is -2.43. The molecule has 3 heteroatoms. The smallest absolute Gasteiger partial charge is 0.138 e. The highest BCUT2D eigenvalue weighted by atomic mass is 16.5. The topological polar surface area (TPSA) is 29.5 Å². The minimum atomic E-state index is 0.227. The number of hydrogen-bond donors (Lipinski definition) is 0. The van der Waals surface area contributed by atoms with Crippen molar-refractivity contribution < 1.29 is 9.53 Å². The number of carbonyl (C=O) groups is 1. The van der Waals surface area contributed by atoms with E-state index < -0.39 is 0 Å². The van der Waals surface area contributed by atoms with Crippen LogP contribution >= 0.6 is 0 Å². The molecule has 2 heterocycles. The summed E-state index contributed by atoms with van der Waals surface area (Å²) in [6, 6.07) is 0. The van der Waals surface area contributed by atoms with Crippen LogP contribution in [0.1, 0.15) is 26.2 Å². The first-order valence-corrected chi connectivity index (χ1v) is 5.62. The molecule has 2 aliphatic heterocycles. The number of ketones is 1. The predicted octanol–water partition coefficient (Wildman–Crippen LogP) is 1.08. The molecule has 2 aliphatic rings. The Hall–Kier alpha value is -0.410. The van der Waals surface area contributed by atoms with Crippen molar-refractivity contribution in [3.63, 3.8) is 0 Å². The number of hydrogen-bond acceptors (Lipinski definition) is 3. The van der Waals surface area contributed by atoms with Crippen molar-refractivity contribution in [1.82, 2.24) is 4.90 Å². The highest BCUT2D eigenvalue weighted by molar-refractivity contribution is 5.81. The standard InChI is InChI=1S/C11H19NO2/c1-9-7-12(5-4-11(9)13)8-10-3-2-6-14-10/h9-10H,2-8H2,1H3/t9-,10-/m1/s1. The normalized spacial score (nSPS) is 35.1. The Morgan fingerprint density at radius 3 is 3.07 bits per heavy atom. The third-order valence-electron chi connectivity index (χ3n) is 3.24. The highest BCUT2D eigenvalue weighted by Crippen LogP contribution is 2.17. The third kappa shape index (κ3) is 2.34. The summed E-state index contributed by atoms with van der Waals surface area (Å²) in [5, 5.41) is 0. The molecule has 2 saturated heterocycles. The lowest BCUT2D eigenvalue weighted by molar-refractivity contribution is -0.126. The Morgan fingerprint density at radius 1 is 1.57 bits per heavy atom. The monoisotopic (exact) mass is 197 g/mol. The van der Waals surface area contributed by atoms with E-state index in [4.69, 9.17) is 4.74 Å². The number of rotatable bonds is 2. The Balaban J connectivity index is 1.78. The molecule has 0 unspecified atom stereocenters. The van der Waals surface area contributed by atoms with Crippen molar-refractivity contribution in [2.75, 3.05) is 26.2 Å². The predicted molar refractivity (Wildman–Crippen MR) is 54.2 cm³/mol. The van der Waals surface area contributed by atoms with Crippen molar-refractivity contribution in [2.45, 2.75) is 32.3 Å². The van der Waals surface area contributed by atoms with Gasteiger partial charge in [-0.1, -0.05) is 6.92 Å². The number of likely N-dealkylation sites (tertiary alicyclic amines) is 1. The van der Waals surface area contributed by atoms with Crippen LogP contribution in [0.3, 0.4) is 0 Å². The van der Waals surface area contributed by atoms with E-state index in [1.54, 1.807) is 0 Å². The van der Waals surface area contributed by atoms with Gasteiger partial charge < -0.3 is 4.74 Å². The van der Waals surface area contributed by atoms with Gasteiger partial charge in [0.2, 0.25) is 0 Å². The first kappa shape index (κ1) is 10.1. The van der Waals surface area contributed by atoms with E-state index in [9.17, 15) is 4.79 Å². The second-order valence-corrected chi connectivity index (χ2v) is 4.51. The van der Waals surface area contributed by atoms with Crippen LogP contribution in [-0.4, -0.2) is 43.0 Å². The molecule has 0 aromatic carbocycles. The molecule has 2 fully saturated rings. The fourth-order valence-electron chi connectivity index (χ4n) is 2.34. The van der Waals surface area contributed by atoms with Gasteiger partial charge in [0.1, 0.15) is 5.78 Å². The van der Waals surface area contributed by atoms with Crippen molar-refractivity contribution in [3.8, 4) is 0 Å². The van der Waals surface area contributed by atoms with Crippen molar-refractivity contribution in [3.05, 3.63) is 0 Å². The highest BCUT2D eigenvalue weighted by Gasteiger charge is 2.26. The zero-order chi connectivity index (χ0) is 9.97. The summed E-state index contributed by atoms with van der Waals surface area (Å²) in [4.78, 5) is 13.7. The van der Waals surface area contributed by atoms with Crippen LogP contribution in [0.2, 0.25) is 0 Å². The van der Waals surface area contributed by atoms with E-state index in [-0.39, 0.29) is 5.92 Å². The number of piperidine rings is 1. The van der Waals surface area contributed by atoms with Crippen LogP contribution < -0.4 is 0 Å². The van der Waals surface area contributed by atoms with Crippen molar-refractivity contribution >= 4 is 5.78 Å². The van der Waals surface area contributed by atoms with Gasteiger partial charge in [-0.25, -0.2) is 0 Å². The molecule has 3 nitrogen and oxygen atoms in total. The van der Waals surface area contributed by atoms with E-state index in [0.29, 0.717) is 11.9 Å². The largest absolute Gasteiger partial charge is 0.377 e. The third-order valence-corrected chi connectivity index (χ3v) is 3.24. The number of nitrogens with zero attached hydrogens (tertiary/aromatic N) is 1. The second kappa shape index (κ2) is 4.41. The van der Waals surface area contributed by atoms with Crippen LogP contribution in [0.25, 0.3) is 0 Å². The van der Waals surface area contributed by atoms with Crippen LogP contribution in [-0.2, 0) is 9.53 Å². The Bertz CT molecular complexity index is 211.